The number of carbonyl (C=O) groups is 2. The van der Waals surface area contributed by atoms with E-state index in [1.54, 1.807) is 20.8 Å². The highest BCUT2D eigenvalue weighted by Gasteiger charge is 2.50. The lowest BCUT2D eigenvalue weighted by Crippen LogP contribution is -2.60. The van der Waals surface area contributed by atoms with Gasteiger partial charge in [-0.15, -0.1) is 0 Å². The lowest BCUT2D eigenvalue weighted by atomic mass is 9.82. The van der Waals surface area contributed by atoms with Crippen molar-refractivity contribution in [3.63, 3.8) is 0 Å². The van der Waals surface area contributed by atoms with E-state index in [1.807, 2.05) is 0 Å². The Hall–Kier alpha value is -3.11. The predicted octanol–water partition coefficient (Wildman–Crippen LogP) is 1.60. The molecule has 1 aliphatic heterocycles. The number of aromatic hydroxyl groups is 1. The molecule has 1 aromatic heterocycles. The Morgan fingerprint density at radius 2 is 1.97 bits per heavy atom. The Kier molecular flexibility index (Phi) is 5.97. The van der Waals surface area contributed by atoms with Crippen LogP contribution in [0.25, 0.3) is 11.0 Å². The summed E-state index contributed by atoms with van der Waals surface area (Å²) in [6.45, 7) is 6.56. The average Bonchev–Trinajstić information content (AvgIpc) is 2.66. The maximum atomic E-state index is 12.2. The van der Waals surface area contributed by atoms with Crippen molar-refractivity contribution in [2.45, 2.75) is 58.2 Å². The number of aliphatic hydroxyl groups excluding tert-OH is 1. The summed E-state index contributed by atoms with van der Waals surface area (Å²) in [6, 6.07) is 4.27. The number of benzene rings is 1. The summed E-state index contributed by atoms with van der Waals surface area (Å²) < 4.78 is 21.9. The number of Topliss-reactive ketones (excluding diaryl/α,β-unsaturated/α-hetero) is 1. The molecule has 168 valence electrons. The minimum Gasteiger partial charge on any atom is -0.507 e. The monoisotopic (exact) mass is 435 g/mol. The van der Waals surface area contributed by atoms with Crippen molar-refractivity contribution in [3.8, 4) is 11.5 Å². The lowest BCUT2D eigenvalue weighted by molar-refractivity contribution is -0.283. The van der Waals surface area contributed by atoms with E-state index in [0.717, 1.165) is 0 Å². The highest BCUT2D eigenvalue weighted by Crippen LogP contribution is 2.37. The van der Waals surface area contributed by atoms with Crippen molar-refractivity contribution in [2.24, 2.45) is 11.7 Å². The number of nitrogens with two attached hydrogens (primary N) is 1. The Bertz CT molecular complexity index is 1070. The number of fused-ring (bicyclic) bond motifs is 1. The number of hydrogen-bond donors (Lipinski definition) is 3. The van der Waals surface area contributed by atoms with Crippen LogP contribution in [0.4, 0.5) is 4.79 Å². The highest BCUT2D eigenvalue weighted by molar-refractivity contribution is 5.87. The summed E-state index contributed by atoms with van der Waals surface area (Å²) in [6.07, 6.45) is -4.81. The van der Waals surface area contributed by atoms with Gasteiger partial charge in [0.25, 0.3) is 0 Å². The molecule has 0 bridgehead atoms. The van der Waals surface area contributed by atoms with Crippen molar-refractivity contribution in [2.75, 3.05) is 0 Å². The number of ketones is 1. The molecule has 2 aromatic rings. The third-order valence-corrected chi connectivity index (χ3v) is 5.50. The van der Waals surface area contributed by atoms with Crippen LogP contribution in [-0.2, 0) is 20.7 Å². The number of ether oxygens (including phenoxy) is 3. The van der Waals surface area contributed by atoms with E-state index >= 15 is 0 Å². The number of amides is 1. The Morgan fingerprint density at radius 1 is 1.29 bits per heavy atom. The van der Waals surface area contributed by atoms with Crippen LogP contribution in [0.3, 0.4) is 0 Å². The second-order valence-corrected chi connectivity index (χ2v) is 8.14. The molecule has 0 radical (unpaired) electrons. The first kappa shape index (κ1) is 22.6. The van der Waals surface area contributed by atoms with Crippen LogP contribution in [0.5, 0.6) is 11.5 Å². The summed E-state index contributed by atoms with van der Waals surface area (Å²) in [5.74, 6) is -0.857. The van der Waals surface area contributed by atoms with Crippen LogP contribution in [0.1, 0.15) is 33.3 Å². The lowest BCUT2D eigenvalue weighted by Gasteiger charge is -2.47. The number of aliphatic hydroxyl groups is 1. The van der Waals surface area contributed by atoms with E-state index in [0.29, 0.717) is 0 Å². The molecule has 1 amide bonds. The van der Waals surface area contributed by atoms with Gasteiger partial charge < -0.3 is 34.6 Å². The van der Waals surface area contributed by atoms with Gasteiger partial charge in [0, 0.05) is 18.4 Å². The van der Waals surface area contributed by atoms with E-state index < -0.39 is 35.8 Å². The van der Waals surface area contributed by atoms with E-state index in [9.17, 15) is 24.6 Å². The van der Waals surface area contributed by atoms with E-state index in [2.05, 4.69) is 0 Å². The summed E-state index contributed by atoms with van der Waals surface area (Å²) >= 11 is 0. The van der Waals surface area contributed by atoms with Crippen molar-refractivity contribution >= 4 is 22.8 Å². The molecule has 1 aliphatic rings. The second-order valence-electron chi connectivity index (χ2n) is 8.14. The SMILES string of the molecule is CC(=O)Cc1c(O)c2ccc(OC3OC(C)(C)[C@H](C)[C@@H](OC(N)=O)[C@@H]3O)cc2oc1=O. The zero-order valence-corrected chi connectivity index (χ0v) is 17.6. The van der Waals surface area contributed by atoms with Crippen molar-refractivity contribution in [3.05, 3.63) is 34.2 Å². The van der Waals surface area contributed by atoms with Crippen LogP contribution in [0, 0.1) is 5.92 Å². The van der Waals surface area contributed by atoms with Gasteiger partial charge in [-0.25, -0.2) is 9.59 Å². The fourth-order valence-electron chi connectivity index (χ4n) is 3.54. The molecule has 10 nitrogen and oxygen atoms in total. The zero-order chi connectivity index (χ0) is 23.1. The highest BCUT2D eigenvalue weighted by atomic mass is 16.7. The minimum atomic E-state index is -1.34. The molecular formula is C21H25NO9. The predicted molar refractivity (Wildman–Crippen MR) is 108 cm³/mol. The van der Waals surface area contributed by atoms with Gasteiger partial charge in [0.2, 0.25) is 6.29 Å². The van der Waals surface area contributed by atoms with Gasteiger partial charge in [0.1, 0.15) is 29.0 Å². The smallest absolute Gasteiger partial charge is 0.404 e. The maximum Gasteiger partial charge on any atom is 0.404 e. The van der Waals surface area contributed by atoms with Crippen LogP contribution >= 0.6 is 0 Å². The van der Waals surface area contributed by atoms with Crippen molar-refractivity contribution in [1.29, 1.82) is 0 Å². The molecular weight excluding hydrogens is 410 g/mol. The summed E-state index contributed by atoms with van der Waals surface area (Å²) in [5.41, 5.74) is 3.36. The van der Waals surface area contributed by atoms with Crippen LogP contribution < -0.4 is 16.1 Å². The molecule has 4 N–H and O–H groups in total. The molecule has 0 saturated carbocycles. The molecule has 2 heterocycles. The average molecular weight is 435 g/mol. The summed E-state index contributed by atoms with van der Waals surface area (Å²) in [4.78, 5) is 34.8. The van der Waals surface area contributed by atoms with Gasteiger partial charge in [-0.2, -0.15) is 0 Å². The molecule has 10 heteroatoms. The largest absolute Gasteiger partial charge is 0.507 e. The summed E-state index contributed by atoms with van der Waals surface area (Å²) in [7, 11) is 0. The number of hydrogen-bond acceptors (Lipinski definition) is 9. The van der Waals surface area contributed by atoms with Gasteiger partial charge in [-0.3, -0.25) is 4.79 Å². The van der Waals surface area contributed by atoms with Crippen LogP contribution in [0.15, 0.2) is 27.4 Å². The fourth-order valence-corrected chi connectivity index (χ4v) is 3.54. The molecule has 1 unspecified atom stereocenters. The molecule has 1 aromatic carbocycles. The van der Waals surface area contributed by atoms with E-state index in [-0.39, 0.29) is 46.2 Å². The Morgan fingerprint density at radius 3 is 2.58 bits per heavy atom. The number of rotatable bonds is 5. The van der Waals surface area contributed by atoms with Gasteiger partial charge in [-0.1, -0.05) is 6.92 Å². The van der Waals surface area contributed by atoms with Crippen LogP contribution in [0.2, 0.25) is 0 Å². The van der Waals surface area contributed by atoms with Crippen molar-refractivity contribution in [1.82, 2.24) is 0 Å². The van der Waals surface area contributed by atoms with Gasteiger partial charge in [0.15, 0.2) is 6.10 Å². The third-order valence-electron chi connectivity index (χ3n) is 5.50. The van der Waals surface area contributed by atoms with Gasteiger partial charge in [0.05, 0.1) is 16.6 Å². The first-order valence-corrected chi connectivity index (χ1v) is 9.67. The van der Waals surface area contributed by atoms with Gasteiger partial charge >= 0.3 is 11.7 Å². The van der Waals surface area contributed by atoms with E-state index in [4.69, 9.17) is 24.4 Å². The fraction of sp³-hybridized carbons (Fsp3) is 0.476. The Labute approximate surface area is 177 Å². The zero-order valence-electron chi connectivity index (χ0n) is 17.6. The molecule has 0 aliphatic carbocycles. The summed E-state index contributed by atoms with van der Waals surface area (Å²) in [5, 5.41) is 21.2. The first-order chi connectivity index (χ1) is 14.4. The molecule has 4 atom stereocenters. The Balaban J connectivity index is 1.92. The minimum absolute atomic E-state index is 0.0233. The molecule has 1 fully saturated rings. The maximum absolute atomic E-state index is 12.2. The second kappa shape index (κ2) is 8.20. The van der Waals surface area contributed by atoms with E-state index in [1.165, 1.54) is 25.1 Å². The molecule has 3 rings (SSSR count). The third kappa shape index (κ3) is 4.49. The normalized spacial score (nSPS) is 25.2. The first-order valence-electron chi connectivity index (χ1n) is 9.67. The quantitative estimate of drug-likeness (QED) is 0.593. The molecule has 0 spiro atoms. The molecule has 1 saturated heterocycles. The van der Waals surface area contributed by atoms with Gasteiger partial charge in [-0.05, 0) is 32.9 Å². The number of carbonyl (C=O) groups excluding carboxylic acids is 2. The number of primary amides is 1. The van der Waals surface area contributed by atoms with Crippen LogP contribution in [-0.4, -0.2) is 46.2 Å². The standard InChI is InChI=1S/C21H25NO9/c1-9(23)7-13-15(24)12-6-5-11(8-14(12)29-18(13)26)28-19-16(25)17(30-20(22)27)10(2)21(3,4)31-19/h5-6,8,10,16-17,19,24-25H,7H2,1-4H3,(H2,22,27)/t10-,16+,17-,19?/m1/s1. The van der Waals surface area contributed by atoms with Crippen molar-refractivity contribution < 1.29 is 38.4 Å². The topological polar surface area (TPSA) is 159 Å². The molecule has 31 heavy (non-hydrogen) atoms.